The third-order valence-electron chi connectivity index (χ3n) is 2.98. The number of benzene rings is 1. The molecule has 1 aromatic carbocycles. The van der Waals surface area contributed by atoms with Crippen molar-refractivity contribution in [3.8, 4) is 0 Å². The van der Waals surface area contributed by atoms with Gasteiger partial charge in [-0.3, -0.25) is 14.3 Å². The van der Waals surface area contributed by atoms with Crippen LogP contribution in [0.2, 0.25) is 0 Å². The van der Waals surface area contributed by atoms with Crippen molar-refractivity contribution in [1.82, 2.24) is 5.32 Å². The maximum Gasteiger partial charge on any atom is 0.297 e. The summed E-state index contributed by atoms with van der Waals surface area (Å²) in [6, 6.07) is 4.75. The van der Waals surface area contributed by atoms with Gasteiger partial charge in [-0.1, -0.05) is 6.07 Å². The molecule has 0 radical (unpaired) electrons. The number of rotatable bonds is 5. The molecule has 0 bridgehead atoms. The van der Waals surface area contributed by atoms with Gasteiger partial charge in [-0.25, -0.2) is 0 Å². The molecule has 1 N–H and O–H groups in total. The first-order valence-electron chi connectivity index (χ1n) is 5.85. The Balaban J connectivity index is 2.22. The van der Waals surface area contributed by atoms with Crippen LogP contribution in [-0.2, 0) is 19.0 Å². The molecule has 2 atom stereocenters. The molecule has 0 amide bonds. The minimum Gasteiger partial charge on any atom is -0.377 e. The first kappa shape index (κ1) is 14.9. The SMILES string of the molecule is CO[C@@H]1CNC[C@H]1OS(=O)(=O)c1cccc([N+](=O)[O-])c1. The predicted octanol–water partition coefficient (Wildman–Crippen LogP) is 0.287. The van der Waals surface area contributed by atoms with Crippen molar-refractivity contribution < 1.29 is 22.3 Å². The lowest BCUT2D eigenvalue weighted by Gasteiger charge is -2.17. The van der Waals surface area contributed by atoms with E-state index in [0.29, 0.717) is 13.1 Å². The number of nitro groups is 1. The Bertz CT molecular complexity index is 603. The molecule has 1 heterocycles. The largest absolute Gasteiger partial charge is 0.377 e. The molecule has 0 saturated carbocycles. The van der Waals surface area contributed by atoms with E-state index in [0.717, 1.165) is 6.07 Å². The quantitative estimate of drug-likeness (QED) is 0.473. The number of methoxy groups -OCH3 is 1. The second-order valence-electron chi connectivity index (χ2n) is 4.28. The summed E-state index contributed by atoms with van der Waals surface area (Å²) in [6.45, 7) is 0.832. The van der Waals surface area contributed by atoms with E-state index in [2.05, 4.69) is 5.32 Å². The zero-order valence-electron chi connectivity index (χ0n) is 10.7. The van der Waals surface area contributed by atoms with Crippen molar-refractivity contribution >= 4 is 15.8 Å². The highest BCUT2D eigenvalue weighted by molar-refractivity contribution is 7.86. The topological polar surface area (TPSA) is 108 Å². The third-order valence-corrected chi connectivity index (χ3v) is 4.31. The summed E-state index contributed by atoms with van der Waals surface area (Å²) in [6.07, 6.45) is -1.02. The van der Waals surface area contributed by atoms with Crippen molar-refractivity contribution in [1.29, 1.82) is 0 Å². The third kappa shape index (κ3) is 3.12. The van der Waals surface area contributed by atoms with E-state index >= 15 is 0 Å². The Morgan fingerprint density at radius 2 is 2.05 bits per heavy atom. The molecule has 0 unspecified atom stereocenters. The van der Waals surface area contributed by atoms with Gasteiger partial charge < -0.3 is 10.1 Å². The average Bonchev–Trinajstić information content (AvgIpc) is 2.85. The highest BCUT2D eigenvalue weighted by Crippen LogP contribution is 2.22. The molecule has 1 saturated heterocycles. The minimum atomic E-state index is -4.07. The highest BCUT2D eigenvalue weighted by atomic mass is 32.2. The van der Waals surface area contributed by atoms with Crippen molar-refractivity contribution in [2.45, 2.75) is 17.1 Å². The Morgan fingerprint density at radius 3 is 2.70 bits per heavy atom. The van der Waals surface area contributed by atoms with E-state index in [9.17, 15) is 18.5 Å². The van der Waals surface area contributed by atoms with E-state index in [1.807, 2.05) is 0 Å². The molecule has 110 valence electrons. The van der Waals surface area contributed by atoms with Gasteiger partial charge in [0.05, 0.1) is 11.0 Å². The molecule has 1 aliphatic rings. The lowest BCUT2D eigenvalue weighted by Crippen LogP contribution is -2.31. The van der Waals surface area contributed by atoms with E-state index in [4.69, 9.17) is 8.92 Å². The van der Waals surface area contributed by atoms with Gasteiger partial charge in [0.1, 0.15) is 11.0 Å². The van der Waals surface area contributed by atoms with E-state index in [1.165, 1.54) is 25.3 Å². The highest BCUT2D eigenvalue weighted by Gasteiger charge is 2.33. The van der Waals surface area contributed by atoms with Gasteiger partial charge in [0.25, 0.3) is 15.8 Å². The Labute approximate surface area is 116 Å². The number of ether oxygens (including phenoxy) is 1. The fourth-order valence-corrected chi connectivity index (χ4v) is 3.07. The number of hydrogen-bond donors (Lipinski definition) is 1. The van der Waals surface area contributed by atoms with Gasteiger partial charge in [0, 0.05) is 32.3 Å². The lowest BCUT2D eigenvalue weighted by molar-refractivity contribution is -0.385. The monoisotopic (exact) mass is 302 g/mol. The van der Waals surface area contributed by atoms with Gasteiger partial charge in [-0.05, 0) is 6.07 Å². The Hall–Kier alpha value is -1.55. The maximum absolute atomic E-state index is 12.1. The number of nitrogens with one attached hydrogen (secondary N) is 1. The van der Waals surface area contributed by atoms with Gasteiger partial charge in [-0.15, -0.1) is 0 Å². The second-order valence-corrected chi connectivity index (χ2v) is 5.85. The summed E-state index contributed by atoms with van der Waals surface area (Å²) in [5, 5.41) is 13.6. The summed E-state index contributed by atoms with van der Waals surface area (Å²) in [7, 11) is -2.60. The molecule has 0 spiro atoms. The molecular weight excluding hydrogens is 288 g/mol. The summed E-state index contributed by atoms with van der Waals surface area (Å²) < 4.78 is 34.4. The van der Waals surface area contributed by atoms with Crippen molar-refractivity contribution in [2.75, 3.05) is 20.2 Å². The van der Waals surface area contributed by atoms with Crippen molar-refractivity contribution in [3.05, 3.63) is 34.4 Å². The fourth-order valence-electron chi connectivity index (χ4n) is 1.93. The summed E-state index contributed by atoms with van der Waals surface area (Å²) >= 11 is 0. The second kappa shape index (κ2) is 5.83. The molecule has 9 heteroatoms. The van der Waals surface area contributed by atoms with Crippen LogP contribution in [0.15, 0.2) is 29.2 Å². The fraction of sp³-hybridized carbons (Fsp3) is 0.455. The molecule has 1 aromatic rings. The first-order chi connectivity index (χ1) is 9.44. The normalized spacial score (nSPS) is 22.9. The van der Waals surface area contributed by atoms with Gasteiger partial charge in [-0.2, -0.15) is 8.42 Å². The molecular formula is C11H14N2O6S. The van der Waals surface area contributed by atoms with Crippen LogP contribution in [0, 0.1) is 10.1 Å². The predicted molar refractivity (Wildman–Crippen MR) is 68.8 cm³/mol. The van der Waals surface area contributed by atoms with Crippen LogP contribution in [-0.4, -0.2) is 45.7 Å². The molecule has 2 rings (SSSR count). The Morgan fingerprint density at radius 1 is 1.35 bits per heavy atom. The van der Waals surface area contributed by atoms with Crippen LogP contribution in [0.4, 0.5) is 5.69 Å². The van der Waals surface area contributed by atoms with Crippen LogP contribution in [0.5, 0.6) is 0 Å². The summed E-state index contributed by atoms with van der Waals surface area (Å²) in [5.41, 5.74) is -0.303. The summed E-state index contributed by atoms with van der Waals surface area (Å²) in [4.78, 5) is 9.76. The van der Waals surface area contributed by atoms with Gasteiger partial charge in [0.2, 0.25) is 0 Å². The maximum atomic E-state index is 12.1. The van der Waals surface area contributed by atoms with Crippen LogP contribution in [0.3, 0.4) is 0 Å². The zero-order valence-corrected chi connectivity index (χ0v) is 11.5. The molecule has 0 aromatic heterocycles. The zero-order chi connectivity index (χ0) is 14.8. The van der Waals surface area contributed by atoms with Crippen molar-refractivity contribution in [3.63, 3.8) is 0 Å². The van der Waals surface area contributed by atoms with Crippen molar-refractivity contribution in [2.24, 2.45) is 0 Å². The van der Waals surface area contributed by atoms with Gasteiger partial charge >= 0.3 is 0 Å². The van der Waals surface area contributed by atoms with Gasteiger partial charge in [0.15, 0.2) is 0 Å². The molecule has 0 aliphatic carbocycles. The number of non-ortho nitro benzene ring substituents is 1. The van der Waals surface area contributed by atoms with E-state index < -0.39 is 21.1 Å². The van der Waals surface area contributed by atoms with Crippen LogP contribution in [0.25, 0.3) is 0 Å². The number of nitro benzene ring substituents is 1. The van der Waals surface area contributed by atoms with E-state index in [1.54, 1.807) is 0 Å². The van der Waals surface area contributed by atoms with Crippen LogP contribution < -0.4 is 5.32 Å². The molecule has 1 aliphatic heterocycles. The smallest absolute Gasteiger partial charge is 0.297 e. The summed E-state index contributed by atoms with van der Waals surface area (Å²) in [5.74, 6) is 0. The molecule has 20 heavy (non-hydrogen) atoms. The lowest BCUT2D eigenvalue weighted by atomic mass is 10.3. The van der Waals surface area contributed by atoms with Crippen LogP contribution in [0.1, 0.15) is 0 Å². The standard InChI is InChI=1S/C11H14N2O6S/c1-18-10-6-12-7-11(10)19-20(16,17)9-4-2-3-8(5-9)13(14)15/h2-5,10-12H,6-7H2,1H3/t10-,11-/m1/s1. The number of nitrogens with zero attached hydrogens (tertiary/aromatic N) is 1. The average molecular weight is 302 g/mol. The molecule has 8 nitrogen and oxygen atoms in total. The number of hydrogen-bond acceptors (Lipinski definition) is 7. The molecule has 1 fully saturated rings. The first-order valence-corrected chi connectivity index (χ1v) is 7.26. The van der Waals surface area contributed by atoms with Crippen LogP contribution >= 0.6 is 0 Å². The van der Waals surface area contributed by atoms with E-state index in [-0.39, 0.29) is 16.7 Å². The Kier molecular flexibility index (Phi) is 4.33. The minimum absolute atomic E-state index is 0.242.